The zero-order valence-electron chi connectivity index (χ0n) is 24.3. The van der Waals surface area contributed by atoms with E-state index in [1.54, 1.807) is 24.4 Å². The van der Waals surface area contributed by atoms with Crippen LogP contribution < -0.4 is 20.1 Å². The molecule has 4 heterocycles. The van der Waals surface area contributed by atoms with E-state index in [1.165, 1.54) is 12.1 Å². The summed E-state index contributed by atoms with van der Waals surface area (Å²) in [5, 5.41) is 5.64. The van der Waals surface area contributed by atoms with Crippen LogP contribution in [0.4, 0.5) is 19.0 Å². The number of aromatic nitrogens is 1. The number of carbonyl (C=O) groups excluding carboxylic acids is 2. The summed E-state index contributed by atoms with van der Waals surface area (Å²) < 4.78 is 54.5. The lowest BCUT2D eigenvalue weighted by Crippen LogP contribution is -2.32. The number of pyridine rings is 1. The Labute approximate surface area is 252 Å². The Kier molecular flexibility index (Phi) is 7.00. The van der Waals surface area contributed by atoms with Crippen molar-refractivity contribution in [1.29, 1.82) is 0 Å². The monoisotopic (exact) mass is 607 g/mol. The van der Waals surface area contributed by atoms with Crippen LogP contribution >= 0.6 is 0 Å². The average Bonchev–Trinajstić information content (AvgIpc) is 3.28. The number of halogens is 3. The molecule has 2 fully saturated rings. The van der Waals surface area contributed by atoms with Crippen LogP contribution in [0.2, 0.25) is 0 Å². The second-order valence-electron chi connectivity index (χ2n) is 12.1. The first-order chi connectivity index (χ1) is 21.0. The first kappa shape index (κ1) is 28.6. The molecule has 4 aliphatic rings. The van der Waals surface area contributed by atoms with Crippen LogP contribution in [0, 0.1) is 0 Å². The molecule has 230 valence electrons. The van der Waals surface area contributed by atoms with E-state index in [9.17, 15) is 22.8 Å². The average molecular weight is 608 g/mol. The molecule has 1 aromatic heterocycles. The zero-order valence-corrected chi connectivity index (χ0v) is 24.3. The molecule has 4 unspecified atom stereocenters. The summed E-state index contributed by atoms with van der Waals surface area (Å²) in [4.78, 5) is 33.2. The number of hydrogen-bond donors (Lipinski definition) is 2. The normalized spacial score (nSPS) is 23.8. The van der Waals surface area contributed by atoms with Gasteiger partial charge in [-0.15, -0.1) is 0 Å². The van der Waals surface area contributed by atoms with Crippen molar-refractivity contribution in [3.63, 3.8) is 0 Å². The molecule has 2 aromatic carbocycles. The van der Waals surface area contributed by atoms with Gasteiger partial charge in [0, 0.05) is 55.0 Å². The number of amides is 2. The molecule has 0 bridgehead atoms. The molecule has 0 radical (unpaired) electrons. The minimum absolute atomic E-state index is 0.0366. The molecule has 0 spiro atoms. The second kappa shape index (κ2) is 10.8. The zero-order chi connectivity index (χ0) is 30.7. The standard InChI is InChI=1S/C32H32F3N5O4/c1-39(2)19-10-12-40(16-19)15-18-4-3-17(13-23(18)32(33,34)35)31(42)38-28-27-22-14-20(5-7-24(22)44-29(27)28)43-25-9-11-36-30-21(25)6-8-26(41)37-30/h3-5,7,9,11,13-14,19,27-29H,6,8,10,12,15-16H2,1-2H3,(H,38,42)(H,36,37,41). The Morgan fingerprint density at radius 2 is 2.02 bits per heavy atom. The largest absolute Gasteiger partial charge is 0.487 e. The van der Waals surface area contributed by atoms with E-state index in [4.69, 9.17) is 9.47 Å². The van der Waals surface area contributed by atoms with Gasteiger partial charge in [0.15, 0.2) is 0 Å². The quantitative estimate of drug-likeness (QED) is 0.406. The van der Waals surface area contributed by atoms with Gasteiger partial charge in [-0.05, 0) is 68.9 Å². The molecule has 7 rings (SSSR count). The number of benzene rings is 2. The number of hydrogen-bond acceptors (Lipinski definition) is 7. The fourth-order valence-corrected chi connectivity index (χ4v) is 6.53. The van der Waals surface area contributed by atoms with Crippen molar-refractivity contribution in [1.82, 2.24) is 20.1 Å². The molecule has 1 saturated heterocycles. The molecule has 1 saturated carbocycles. The van der Waals surface area contributed by atoms with Crippen LogP contribution in [0.1, 0.15) is 51.4 Å². The molecule has 3 aliphatic heterocycles. The summed E-state index contributed by atoms with van der Waals surface area (Å²) in [6.07, 6.45) is -1.54. The van der Waals surface area contributed by atoms with Crippen LogP contribution in [0.25, 0.3) is 0 Å². The molecule has 1 aliphatic carbocycles. The Morgan fingerprint density at radius 1 is 1.18 bits per heavy atom. The first-order valence-corrected chi connectivity index (χ1v) is 14.7. The highest BCUT2D eigenvalue weighted by molar-refractivity contribution is 5.95. The number of anilines is 1. The lowest BCUT2D eigenvalue weighted by Gasteiger charge is -2.22. The predicted octanol–water partition coefficient (Wildman–Crippen LogP) is 4.57. The molecular formula is C32H32F3N5O4. The third kappa shape index (κ3) is 5.36. The Bertz CT molecular complexity index is 1640. The van der Waals surface area contributed by atoms with E-state index in [1.807, 2.05) is 25.1 Å². The lowest BCUT2D eigenvalue weighted by atomic mass is 10.0. The number of likely N-dealkylation sites (N-methyl/N-ethyl adjacent to an activating group) is 1. The van der Waals surface area contributed by atoms with Gasteiger partial charge in [-0.2, -0.15) is 13.2 Å². The highest BCUT2D eigenvalue weighted by atomic mass is 19.4. The Balaban J connectivity index is 1.04. The van der Waals surface area contributed by atoms with E-state index in [0.717, 1.165) is 30.2 Å². The second-order valence-corrected chi connectivity index (χ2v) is 12.1. The van der Waals surface area contributed by atoms with Crippen molar-refractivity contribution < 1.29 is 32.2 Å². The summed E-state index contributed by atoms with van der Waals surface area (Å²) in [6.45, 7) is 1.61. The Hall–Kier alpha value is -4.16. The van der Waals surface area contributed by atoms with Gasteiger partial charge < -0.3 is 25.0 Å². The van der Waals surface area contributed by atoms with Crippen molar-refractivity contribution in [3.8, 4) is 17.2 Å². The van der Waals surface area contributed by atoms with Gasteiger partial charge in [-0.25, -0.2) is 4.98 Å². The third-order valence-corrected chi connectivity index (χ3v) is 9.00. The minimum atomic E-state index is -4.58. The maximum atomic E-state index is 14.1. The van der Waals surface area contributed by atoms with Gasteiger partial charge >= 0.3 is 6.18 Å². The van der Waals surface area contributed by atoms with E-state index in [0.29, 0.717) is 48.5 Å². The van der Waals surface area contributed by atoms with Crippen LogP contribution in [-0.2, 0) is 23.9 Å². The predicted molar refractivity (Wildman–Crippen MR) is 155 cm³/mol. The van der Waals surface area contributed by atoms with Crippen molar-refractivity contribution in [2.45, 2.75) is 56.1 Å². The number of fused-ring (bicyclic) bond motifs is 4. The summed E-state index contributed by atoms with van der Waals surface area (Å²) in [5.74, 6) is 1.54. The molecule has 12 heteroatoms. The van der Waals surface area contributed by atoms with Gasteiger partial charge in [0.05, 0.1) is 17.5 Å². The highest BCUT2D eigenvalue weighted by Crippen LogP contribution is 2.54. The number of alkyl halides is 3. The van der Waals surface area contributed by atoms with Crippen molar-refractivity contribution in [3.05, 3.63) is 76.5 Å². The number of likely N-dealkylation sites (tertiary alicyclic amines) is 1. The topological polar surface area (TPSA) is 96.0 Å². The van der Waals surface area contributed by atoms with E-state index in [2.05, 4.69) is 20.5 Å². The molecular weight excluding hydrogens is 575 g/mol. The van der Waals surface area contributed by atoms with Gasteiger partial charge in [0.1, 0.15) is 29.2 Å². The van der Waals surface area contributed by atoms with Crippen molar-refractivity contribution in [2.24, 2.45) is 0 Å². The lowest BCUT2D eigenvalue weighted by molar-refractivity contribution is -0.138. The fraction of sp³-hybridized carbons (Fsp3) is 0.406. The number of nitrogens with one attached hydrogen (secondary N) is 2. The number of nitrogens with zero attached hydrogens (tertiary/aromatic N) is 3. The SMILES string of the molecule is CN(C)C1CCN(Cc2ccc(C(=O)NC3C4Oc5ccc(Oc6ccnc7c6CCC(=O)N7)cc5C34)cc2C(F)(F)F)C1. The smallest absolute Gasteiger partial charge is 0.416 e. The maximum Gasteiger partial charge on any atom is 0.416 e. The fourth-order valence-electron chi connectivity index (χ4n) is 6.53. The summed E-state index contributed by atoms with van der Waals surface area (Å²) in [7, 11) is 3.95. The van der Waals surface area contributed by atoms with Crippen LogP contribution in [0.3, 0.4) is 0 Å². The van der Waals surface area contributed by atoms with Crippen LogP contribution in [0.15, 0.2) is 48.7 Å². The molecule has 4 atom stereocenters. The third-order valence-electron chi connectivity index (χ3n) is 9.00. The van der Waals surface area contributed by atoms with Crippen LogP contribution in [-0.4, -0.2) is 72.0 Å². The van der Waals surface area contributed by atoms with Gasteiger partial charge in [0.25, 0.3) is 5.91 Å². The van der Waals surface area contributed by atoms with Crippen molar-refractivity contribution in [2.75, 3.05) is 32.5 Å². The summed E-state index contributed by atoms with van der Waals surface area (Å²) in [5.41, 5.74) is 1.03. The van der Waals surface area contributed by atoms with E-state index >= 15 is 0 Å². The highest BCUT2D eigenvalue weighted by Gasteiger charge is 2.59. The minimum Gasteiger partial charge on any atom is -0.487 e. The number of rotatable bonds is 7. The summed E-state index contributed by atoms with van der Waals surface area (Å²) in [6, 6.07) is 11.0. The number of carbonyl (C=O) groups is 2. The van der Waals surface area contributed by atoms with E-state index < -0.39 is 17.6 Å². The van der Waals surface area contributed by atoms with Crippen molar-refractivity contribution >= 4 is 17.6 Å². The Morgan fingerprint density at radius 3 is 2.80 bits per heavy atom. The van der Waals surface area contributed by atoms with Gasteiger partial charge in [-0.1, -0.05) is 6.07 Å². The summed E-state index contributed by atoms with van der Waals surface area (Å²) >= 11 is 0. The molecule has 9 nitrogen and oxygen atoms in total. The molecule has 2 amide bonds. The molecule has 2 N–H and O–H groups in total. The maximum absolute atomic E-state index is 14.1. The van der Waals surface area contributed by atoms with Gasteiger partial charge in [-0.3, -0.25) is 14.5 Å². The first-order valence-electron chi connectivity index (χ1n) is 14.7. The molecule has 44 heavy (non-hydrogen) atoms. The number of ether oxygens (including phenoxy) is 2. The van der Waals surface area contributed by atoms with Gasteiger partial charge in [0.2, 0.25) is 5.91 Å². The molecule has 3 aromatic rings. The van der Waals surface area contributed by atoms with E-state index in [-0.39, 0.29) is 41.6 Å². The van der Waals surface area contributed by atoms with Crippen LogP contribution in [0.5, 0.6) is 17.2 Å².